The number of hydrogen-bond acceptors (Lipinski definition) is 3. The summed E-state index contributed by atoms with van der Waals surface area (Å²) < 4.78 is 0. The van der Waals surface area contributed by atoms with Gasteiger partial charge in [-0.05, 0) is 25.8 Å². The molecule has 1 aliphatic rings. The van der Waals surface area contributed by atoms with E-state index in [1.165, 1.54) is 12.8 Å². The quantitative estimate of drug-likeness (QED) is 0.719. The second kappa shape index (κ2) is 5.98. The zero-order chi connectivity index (χ0) is 13.0. The van der Waals surface area contributed by atoms with Crippen molar-refractivity contribution < 1.29 is 9.90 Å². The summed E-state index contributed by atoms with van der Waals surface area (Å²) in [6.45, 7) is 2.41. The number of aliphatic hydroxyl groups is 1. The Balaban J connectivity index is 1.85. The van der Waals surface area contributed by atoms with E-state index >= 15 is 0 Å². The molecule has 1 aromatic carbocycles. The van der Waals surface area contributed by atoms with E-state index in [1.54, 1.807) is 6.92 Å². The number of rotatable bonds is 6. The number of para-hydroxylation sites is 1. The van der Waals surface area contributed by atoms with Crippen molar-refractivity contribution in [3.05, 3.63) is 29.8 Å². The number of carbonyl (C=O) groups excluding carboxylic acids is 1. The predicted octanol–water partition coefficient (Wildman–Crippen LogP) is 1.82. The van der Waals surface area contributed by atoms with Crippen LogP contribution in [0.3, 0.4) is 0 Å². The summed E-state index contributed by atoms with van der Waals surface area (Å²) in [5.74, 6) is -0.0174. The number of hydrogen-bond donors (Lipinski definition) is 3. The summed E-state index contributed by atoms with van der Waals surface area (Å²) in [6, 6.07) is 7.97. The van der Waals surface area contributed by atoms with Crippen molar-refractivity contribution in [1.82, 2.24) is 5.32 Å². The lowest BCUT2D eigenvalue weighted by Crippen LogP contribution is -2.23. The topological polar surface area (TPSA) is 61.4 Å². The van der Waals surface area contributed by atoms with E-state index in [1.807, 2.05) is 24.3 Å². The van der Waals surface area contributed by atoms with Crippen LogP contribution in [0.15, 0.2) is 24.3 Å². The van der Waals surface area contributed by atoms with Gasteiger partial charge >= 0.3 is 0 Å². The van der Waals surface area contributed by atoms with Gasteiger partial charge in [0.1, 0.15) is 0 Å². The van der Waals surface area contributed by atoms with E-state index in [2.05, 4.69) is 10.6 Å². The van der Waals surface area contributed by atoms with E-state index in [-0.39, 0.29) is 5.91 Å². The Morgan fingerprint density at radius 2 is 2.17 bits per heavy atom. The number of anilines is 1. The van der Waals surface area contributed by atoms with E-state index in [0.29, 0.717) is 24.7 Å². The molecule has 0 aliphatic heterocycles. The minimum absolute atomic E-state index is 0.0174. The van der Waals surface area contributed by atoms with Crippen LogP contribution in [0.4, 0.5) is 5.69 Å². The first kappa shape index (κ1) is 13.1. The van der Waals surface area contributed by atoms with Crippen LogP contribution >= 0.6 is 0 Å². The van der Waals surface area contributed by atoms with Crippen LogP contribution in [0.5, 0.6) is 0 Å². The van der Waals surface area contributed by atoms with E-state index in [0.717, 1.165) is 5.56 Å². The lowest BCUT2D eigenvalue weighted by Gasteiger charge is -2.13. The zero-order valence-electron chi connectivity index (χ0n) is 10.6. The third kappa shape index (κ3) is 3.82. The highest BCUT2D eigenvalue weighted by molar-refractivity contribution is 5.91. The van der Waals surface area contributed by atoms with Gasteiger partial charge in [-0.2, -0.15) is 0 Å². The fourth-order valence-electron chi connectivity index (χ4n) is 1.87. The lowest BCUT2D eigenvalue weighted by atomic mass is 10.1. The maximum absolute atomic E-state index is 11.8. The van der Waals surface area contributed by atoms with Gasteiger partial charge in [-0.25, -0.2) is 0 Å². The van der Waals surface area contributed by atoms with Gasteiger partial charge in [0.25, 0.3) is 0 Å². The molecule has 0 heterocycles. The molecule has 2 rings (SSSR count). The third-order valence-electron chi connectivity index (χ3n) is 3.05. The summed E-state index contributed by atoms with van der Waals surface area (Å²) in [5, 5.41) is 15.8. The van der Waals surface area contributed by atoms with E-state index in [9.17, 15) is 9.90 Å². The number of amides is 1. The average molecular weight is 248 g/mol. The first-order valence-electron chi connectivity index (χ1n) is 6.47. The molecule has 1 unspecified atom stereocenters. The Morgan fingerprint density at radius 1 is 1.44 bits per heavy atom. The summed E-state index contributed by atoms with van der Waals surface area (Å²) in [4.78, 5) is 11.8. The second-order valence-electron chi connectivity index (χ2n) is 4.79. The maximum atomic E-state index is 11.8. The smallest absolute Gasteiger partial charge is 0.225 e. The molecule has 1 atom stereocenters. The Morgan fingerprint density at radius 3 is 2.83 bits per heavy atom. The van der Waals surface area contributed by atoms with Gasteiger partial charge in [-0.15, -0.1) is 0 Å². The molecule has 0 aromatic heterocycles. The summed E-state index contributed by atoms with van der Waals surface area (Å²) in [6.07, 6.45) is 2.34. The molecule has 1 fully saturated rings. The van der Waals surface area contributed by atoms with Crippen molar-refractivity contribution in [2.75, 3.05) is 11.9 Å². The molecule has 0 radical (unpaired) electrons. The van der Waals surface area contributed by atoms with Gasteiger partial charge in [-0.1, -0.05) is 18.2 Å². The fourth-order valence-corrected chi connectivity index (χ4v) is 1.87. The molecule has 0 spiro atoms. The monoisotopic (exact) mass is 248 g/mol. The van der Waals surface area contributed by atoms with Crippen LogP contribution in [0.1, 0.15) is 37.9 Å². The minimum atomic E-state index is -0.578. The Labute approximate surface area is 107 Å². The van der Waals surface area contributed by atoms with Gasteiger partial charge in [-0.3, -0.25) is 4.79 Å². The highest BCUT2D eigenvalue weighted by atomic mass is 16.3. The largest absolute Gasteiger partial charge is 0.389 e. The van der Waals surface area contributed by atoms with E-state index < -0.39 is 6.10 Å². The van der Waals surface area contributed by atoms with E-state index in [4.69, 9.17) is 0 Å². The molecule has 98 valence electrons. The summed E-state index contributed by atoms with van der Waals surface area (Å²) in [5.41, 5.74) is 1.45. The molecule has 1 amide bonds. The van der Waals surface area contributed by atoms with Crippen LogP contribution in [0.25, 0.3) is 0 Å². The van der Waals surface area contributed by atoms with Gasteiger partial charge in [0.2, 0.25) is 5.91 Å². The highest BCUT2D eigenvalue weighted by Gasteiger charge is 2.20. The summed E-state index contributed by atoms with van der Waals surface area (Å²) in [7, 11) is 0. The molecule has 0 saturated heterocycles. The molecule has 0 bridgehead atoms. The number of nitrogens with one attached hydrogen (secondary N) is 2. The van der Waals surface area contributed by atoms with Crippen molar-refractivity contribution in [3.8, 4) is 0 Å². The lowest BCUT2D eigenvalue weighted by molar-refractivity contribution is -0.116. The van der Waals surface area contributed by atoms with Gasteiger partial charge < -0.3 is 15.7 Å². The third-order valence-corrected chi connectivity index (χ3v) is 3.05. The minimum Gasteiger partial charge on any atom is -0.389 e. The van der Waals surface area contributed by atoms with Gasteiger partial charge in [0.15, 0.2) is 0 Å². The fraction of sp³-hybridized carbons (Fsp3) is 0.500. The van der Waals surface area contributed by atoms with Crippen molar-refractivity contribution in [2.45, 2.75) is 38.3 Å². The van der Waals surface area contributed by atoms with Crippen LogP contribution in [0.2, 0.25) is 0 Å². The molecule has 18 heavy (non-hydrogen) atoms. The predicted molar refractivity (Wildman–Crippen MR) is 71.3 cm³/mol. The first-order chi connectivity index (χ1) is 8.66. The second-order valence-corrected chi connectivity index (χ2v) is 4.79. The number of aliphatic hydroxyl groups excluding tert-OH is 1. The van der Waals surface area contributed by atoms with Crippen molar-refractivity contribution >= 4 is 11.6 Å². The SMILES string of the molecule is CC(O)c1ccccc1NC(=O)CCNC1CC1. The first-order valence-corrected chi connectivity index (χ1v) is 6.47. The molecule has 4 nitrogen and oxygen atoms in total. The van der Waals surface area contributed by atoms with Crippen LogP contribution < -0.4 is 10.6 Å². The summed E-state index contributed by atoms with van der Waals surface area (Å²) >= 11 is 0. The zero-order valence-corrected chi connectivity index (χ0v) is 10.6. The number of carbonyl (C=O) groups is 1. The molecule has 3 N–H and O–H groups in total. The Kier molecular flexibility index (Phi) is 4.33. The number of benzene rings is 1. The molecule has 1 saturated carbocycles. The standard InChI is InChI=1S/C14H20N2O2/c1-10(17)12-4-2-3-5-13(12)16-14(18)8-9-15-11-6-7-11/h2-5,10-11,15,17H,6-9H2,1H3,(H,16,18). The normalized spacial score (nSPS) is 16.3. The van der Waals surface area contributed by atoms with Gasteiger partial charge in [0.05, 0.1) is 6.10 Å². The van der Waals surface area contributed by atoms with Crippen LogP contribution in [-0.2, 0) is 4.79 Å². The van der Waals surface area contributed by atoms with Crippen molar-refractivity contribution in [1.29, 1.82) is 0 Å². The van der Waals surface area contributed by atoms with Gasteiger partial charge in [0, 0.05) is 30.3 Å². The Hall–Kier alpha value is -1.39. The van der Waals surface area contributed by atoms with Crippen molar-refractivity contribution in [3.63, 3.8) is 0 Å². The molecule has 1 aliphatic carbocycles. The molecule has 4 heteroatoms. The molecular formula is C14H20N2O2. The Bertz CT molecular complexity index is 414. The van der Waals surface area contributed by atoms with Crippen LogP contribution in [-0.4, -0.2) is 23.6 Å². The highest BCUT2D eigenvalue weighted by Crippen LogP contribution is 2.22. The molecular weight excluding hydrogens is 228 g/mol. The average Bonchev–Trinajstić information content (AvgIpc) is 3.13. The maximum Gasteiger partial charge on any atom is 0.225 e. The van der Waals surface area contributed by atoms with Crippen molar-refractivity contribution in [2.24, 2.45) is 0 Å². The van der Waals surface area contributed by atoms with Crippen LogP contribution in [0, 0.1) is 0 Å². The molecule has 1 aromatic rings.